The number of halogens is 1. The lowest BCUT2D eigenvalue weighted by Gasteiger charge is -2.57. The molecular formula is C15H21BrN2O2. The molecule has 1 fully saturated rings. The molecule has 0 saturated heterocycles. The van der Waals surface area contributed by atoms with Crippen LogP contribution in [0.4, 0.5) is 5.69 Å². The Labute approximate surface area is 128 Å². The molecule has 2 rings (SSSR count). The molecule has 1 amide bonds. The Bertz CT molecular complexity index is 518. The maximum atomic E-state index is 12.5. The highest BCUT2D eigenvalue weighted by Gasteiger charge is 2.62. The van der Waals surface area contributed by atoms with Crippen LogP contribution in [-0.4, -0.2) is 24.2 Å². The molecule has 4 nitrogen and oxygen atoms in total. The number of amides is 1. The number of carbonyl (C=O) groups excluding carboxylic acids is 1. The fraction of sp³-hybridized carbons (Fsp3) is 0.533. The van der Waals surface area contributed by atoms with Gasteiger partial charge in [-0.15, -0.1) is 0 Å². The molecule has 2 atom stereocenters. The molecule has 0 radical (unpaired) electrons. The van der Waals surface area contributed by atoms with Crippen LogP contribution in [0.1, 0.15) is 27.2 Å². The molecule has 0 spiro atoms. The zero-order valence-electron chi connectivity index (χ0n) is 12.1. The molecule has 1 aliphatic carbocycles. The van der Waals surface area contributed by atoms with Crippen molar-refractivity contribution in [1.29, 1.82) is 0 Å². The number of rotatable bonds is 4. The standard InChI is InChI=1S/C15H21BrN2O2/c1-4-20-12-9-15(17,14(12,2)3)13(19)18-11-7-5-6-10(16)8-11/h5-8,12H,4,9,17H2,1-3H3,(H,18,19). The maximum Gasteiger partial charge on any atom is 0.245 e. The van der Waals surface area contributed by atoms with Crippen molar-refractivity contribution < 1.29 is 9.53 Å². The van der Waals surface area contributed by atoms with Gasteiger partial charge >= 0.3 is 0 Å². The predicted octanol–water partition coefficient (Wildman–Crippen LogP) is 2.92. The SMILES string of the molecule is CCOC1CC(N)(C(=O)Nc2cccc(Br)c2)C1(C)C. The highest BCUT2D eigenvalue weighted by Crippen LogP contribution is 2.50. The summed E-state index contributed by atoms with van der Waals surface area (Å²) in [4.78, 5) is 12.5. The van der Waals surface area contributed by atoms with Crippen molar-refractivity contribution in [2.45, 2.75) is 38.8 Å². The number of hydrogen-bond acceptors (Lipinski definition) is 3. The van der Waals surface area contributed by atoms with Crippen LogP contribution in [0.15, 0.2) is 28.7 Å². The molecule has 5 heteroatoms. The van der Waals surface area contributed by atoms with Crippen LogP contribution in [0.3, 0.4) is 0 Å². The number of nitrogens with one attached hydrogen (secondary N) is 1. The fourth-order valence-electron chi connectivity index (χ4n) is 2.63. The minimum absolute atomic E-state index is 0.0331. The Balaban J connectivity index is 2.10. The summed E-state index contributed by atoms with van der Waals surface area (Å²) in [5.74, 6) is -0.156. The minimum Gasteiger partial charge on any atom is -0.378 e. The minimum atomic E-state index is -0.894. The Morgan fingerprint density at radius 3 is 2.80 bits per heavy atom. The first-order valence-corrected chi connectivity index (χ1v) is 7.58. The lowest BCUT2D eigenvalue weighted by Crippen LogP contribution is -2.74. The summed E-state index contributed by atoms with van der Waals surface area (Å²) in [6.45, 7) is 6.56. The van der Waals surface area contributed by atoms with Crippen molar-refractivity contribution in [3.8, 4) is 0 Å². The third-order valence-electron chi connectivity index (χ3n) is 4.32. The number of nitrogens with two attached hydrogens (primary N) is 1. The first-order chi connectivity index (χ1) is 9.31. The number of carbonyl (C=O) groups is 1. The maximum absolute atomic E-state index is 12.5. The van der Waals surface area contributed by atoms with E-state index in [0.29, 0.717) is 13.0 Å². The van der Waals surface area contributed by atoms with Crippen molar-refractivity contribution in [2.24, 2.45) is 11.1 Å². The summed E-state index contributed by atoms with van der Waals surface area (Å²) in [5, 5.41) is 2.89. The van der Waals surface area contributed by atoms with E-state index >= 15 is 0 Å². The Hall–Kier alpha value is -0.910. The Kier molecular flexibility index (Phi) is 4.23. The zero-order valence-corrected chi connectivity index (χ0v) is 13.7. The first kappa shape index (κ1) is 15.5. The number of anilines is 1. The largest absolute Gasteiger partial charge is 0.378 e. The Morgan fingerprint density at radius 1 is 1.55 bits per heavy atom. The number of ether oxygens (including phenoxy) is 1. The monoisotopic (exact) mass is 340 g/mol. The fourth-order valence-corrected chi connectivity index (χ4v) is 3.03. The molecule has 1 aliphatic rings. The topological polar surface area (TPSA) is 64.3 Å². The van der Waals surface area contributed by atoms with E-state index in [-0.39, 0.29) is 17.4 Å². The summed E-state index contributed by atoms with van der Waals surface area (Å²) in [5.41, 5.74) is 5.80. The second-order valence-electron chi connectivity index (χ2n) is 5.81. The van der Waals surface area contributed by atoms with E-state index in [1.807, 2.05) is 45.0 Å². The van der Waals surface area contributed by atoms with E-state index in [1.54, 1.807) is 0 Å². The van der Waals surface area contributed by atoms with Gasteiger partial charge in [-0.05, 0) is 25.1 Å². The van der Waals surface area contributed by atoms with Gasteiger partial charge in [-0.25, -0.2) is 0 Å². The van der Waals surface area contributed by atoms with Crippen LogP contribution < -0.4 is 11.1 Å². The van der Waals surface area contributed by atoms with Gasteiger partial charge in [0, 0.05) is 28.6 Å². The number of benzene rings is 1. The lowest BCUT2D eigenvalue weighted by molar-refractivity contribution is -0.166. The average molecular weight is 341 g/mol. The third kappa shape index (κ3) is 2.50. The average Bonchev–Trinajstić information content (AvgIpc) is 2.38. The molecule has 2 unspecified atom stereocenters. The molecule has 110 valence electrons. The molecule has 3 N–H and O–H groups in total. The van der Waals surface area contributed by atoms with Gasteiger partial charge < -0.3 is 15.8 Å². The summed E-state index contributed by atoms with van der Waals surface area (Å²) in [6.07, 6.45) is 0.582. The van der Waals surface area contributed by atoms with Gasteiger partial charge in [0.15, 0.2) is 0 Å². The van der Waals surface area contributed by atoms with Gasteiger partial charge in [0.05, 0.1) is 6.10 Å². The second-order valence-corrected chi connectivity index (χ2v) is 6.72. The molecule has 0 bridgehead atoms. The van der Waals surface area contributed by atoms with Crippen LogP contribution in [0.25, 0.3) is 0 Å². The van der Waals surface area contributed by atoms with E-state index in [9.17, 15) is 4.79 Å². The molecule has 1 aromatic rings. The molecule has 0 aromatic heterocycles. The van der Waals surface area contributed by atoms with Crippen molar-refractivity contribution in [3.63, 3.8) is 0 Å². The lowest BCUT2D eigenvalue weighted by atomic mass is 9.54. The van der Waals surface area contributed by atoms with E-state index in [4.69, 9.17) is 10.5 Å². The normalized spacial score (nSPS) is 27.8. The van der Waals surface area contributed by atoms with Crippen LogP contribution in [0.2, 0.25) is 0 Å². The van der Waals surface area contributed by atoms with E-state index in [1.165, 1.54) is 0 Å². The van der Waals surface area contributed by atoms with Crippen molar-refractivity contribution in [3.05, 3.63) is 28.7 Å². The van der Waals surface area contributed by atoms with Crippen molar-refractivity contribution in [2.75, 3.05) is 11.9 Å². The molecule has 0 aliphatic heterocycles. The van der Waals surface area contributed by atoms with Crippen molar-refractivity contribution >= 4 is 27.5 Å². The summed E-state index contributed by atoms with van der Waals surface area (Å²) in [7, 11) is 0. The Morgan fingerprint density at radius 2 is 2.25 bits per heavy atom. The first-order valence-electron chi connectivity index (χ1n) is 6.79. The van der Waals surface area contributed by atoms with Gasteiger partial charge in [0.2, 0.25) is 5.91 Å². The summed E-state index contributed by atoms with van der Waals surface area (Å²) < 4.78 is 6.56. The molecule has 0 heterocycles. The van der Waals surface area contributed by atoms with Gasteiger partial charge in [0.1, 0.15) is 5.54 Å². The molecule has 1 aromatic carbocycles. The van der Waals surface area contributed by atoms with E-state index < -0.39 is 5.54 Å². The van der Waals surface area contributed by atoms with Gasteiger partial charge in [-0.1, -0.05) is 35.8 Å². The van der Waals surface area contributed by atoms with Gasteiger partial charge in [-0.2, -0.15) is 0 Å². The summed E-state index contributed by atoms with van der Waals surface area (Å²) >= 11 is 3.38. The third-order valence-corrected chi connectivity index (χ3v) is 4.81. The van der Waals surface area contributed by atoms with Gasteiger partial charge in [-0.3, -0.25) is 4.79 Å². The predicted molar refractivity (Wildman–Crippen MR) is 83.5 cm³/mol. The zero-order chi connectivity index (χ0) is 15.0. The van der Waals surface area contributed by atoms with Crippen LogP contribution in [0, 0.1) is 5.41 Å². The quantitative estimate of drug-likeness (QED) is 0.885. The number of hydrogen-bond donors (Lipinski definition) is 2. The molecule has 20 heavy (non-hydrogen) atoms. The highest BCUT2D eigenvalue weighted by atomic mass is 79.9. The smallest absolute Gasteiger partial charge is 0.245 e. The van der Waals surface area contributed by atoms with E-state index in [2.05, 4.69) is 21.2 Å². The van der Waals surface area contributed by atoms with Gasteiger partial charge in [0.25, 0.3) is 0 Å². The molecular weight excluding hydrogens is 320 g/mol. The summed E-state index contributed by atoms with van der Waals surface area (Å²) in [6, 6.07) is 7.48. The second kappa shape index (κ2) is 5.47. The highest BCUT2D eigenvalue weighted by molar-refractivity contribution is 9.10. The van der Waals surface area contributed by atoms with Crippen LogP contribution >= 0.6 is 15.9 Å². The van der Waals surface area contributed by atoms with E-state index in [0.717, 1.165) is 10.2 Å². The van der Waals surface area contributed by atoms with Crippen molar-refractivity contribution in [1.82, 2.24) is 0 Å². The van der Waals surface area contributed by atoms with Crippen LogP contribution in [-0.2, 0) is 9.53 Å². The molecule has 1 saturated carbocycles. The van der Waals surface area contributed by atoms with Crippen LogP contribution in [0.5, 0.6) is 0 Å².